The highest BCUT2D eigenvalue weighted by Gasteiger charge is 2.35. The van der Waals surface area contributed by atoms with E-state index in [1.54, 1.807) is 6.92 Å². The van der Waals surface area contributed by atoms with Crippen LogP contribution in [0.1, 0.15) is 25.3 Å². The molecule has 1 aliphatic carbocycles. The summed E-state index contributed by atoms with van der Waals surface area (Å²) in [4.78, 5) is 13.1. The maximum atomic E-state index is 12.0. The topological polar surface area (TPSA) is 77.9 Å². The number of hydrogen-bond donors (Lipinski definition) is 1. The largest absolute Gasteiger partial charge is 0.480 e. The molecule has 0 amide bonds. The lowest BCUT2D eigenvalue weighted by molar-refractivity contribution is -0.142. The first-order chi connectivity index (χ1) is 10.8. The summed E-state index contributed by atoms with van der Waals surface area (Å²) in [5.41, 5.74) is 0.919. The van der Waals surface area contributed by atoms with Gasteiger partial charge < -0.3 is 5.11 Å². The predicted octanol–water partition coefficient (Wildman–Crippen LogP) is 1.39. The van der Waals surface area contributed by atoms with Gasteiger partial charge in [0, 0.05) is 25.7 Å². The monoisotopic (exact) mass is 340 g/mol. The summed E-state index contributed by atoms with van der Waals surface area (Å²) in [7, 11) is -3.35. The van der Waals surface area contributed by atoms with Gasteiger partial charge in [-0.1, -0.05) is 30.3 Å². The molecular weight excluding hydrogens is 316 g/mol. The highest BCUT2D eigenvalue weighted by Crippen LogP contribution is 2.28. The fourth-order valence-electron chi connectivity index (χ4n) is 2.62. The first-order valence-electron chi connectivity index (χ1n) is 7.76. The Morgan fingerprint density at radius 2 is 1.87 bits per heavy atom. The summed E-state index contributed by atoms with van der Waals surface area (Å²) >= 11 is 0. The third-order valence-electron chi connectivity index (χ3n) is 4.15. The van der Waals surface area contributed by atoms with E-state index in [0.29, 0.717) is 19.6 Å². The molecule has 23 heavy (non-hydrogen) atoms. The molecule has 1 aliphatic rings. The number of sulfonamides is 1. The van der Waals surface area contributed by atoms with Gasteiger partial charge in [0.1, 0.15) is 6.04 Å². The Labute approximate surface area is 137 Å². The molecule has 6 nitrogen and oxygen atoms in total. The lowest BCUT2D eigenvalue weighted by Crippen LogP contribution is -2.45. The van der Waals surface area contributed by atoms with E-state index in [1.807, 2.05) is 35.2 Å². The van der Waals surface area contributed by atoms with Crippen LogP contribution >= 0.6 is 0 Å². The van der Waals surface area contributed by atoms with Crippen LogP contribution in [0.4, 0.5) is 0 Å². The molecule has 0 saturated heterocycles. The Morgan fingerprint density at radius 1 is 1.26 bits per heavy atom. The molecule has 0 radical (unpaired) electrons. The Balaban J connectivity index is 2.04. The first-order valence-corrected chi connectivity index (χ1v) is 9.61. The number of carboxylic acid groups (broad SMARTS) is 1. The average Bonchev–Trinajstić information content (AvgIpc) is 3.30. The van der Waals surface area contributed by atoms with Crippen molar-refractivity contribution in [2.45, 2.75) is 38.4 Å². The lowest BCUT2D eigenvalue weighted by atomic mass is 10.2. The molecule has 1 unspecified atom stereocenters. The highest BCUT2D eigenvalue weighted by molar-refractivity contribution is 7.88. The number of hydrogen-bond acceptors (Lipinski definition) is 4. The van der Waals surface area contributed by atoms with Gasteiger partial charge >= 0.3 is 5.97 Å². The zero-order valence-electron chi connectivity index (χ0n) is 13.6. The molecule has 0 spiro atoms. The van der Waals surface area contributed by atoms with Crippen LogP contribution in [0.25, 0.3) is 0 Å². The zero-order valence-corrected chi connectivity index (χ0v) is 14.4. The molecule has 1 N–H and O–H groups in total. The quantitative estimate of drug-likeness (QED) is 0.735. The van der Waals surface area contributed by atoms with E-state index in [4.69, 9.17) is 0 Å². The molecule has 0 aromatic heterocycles. The van der Waals surface area contributed by atoms with Gasteiger partial charge in [0.05, 0.1) is 6.26 Å². The van der Waals surface area contributed by atoms with Gasteiger partial charge in [-0.05, 0) is 25.3 Å². The van der Waals surface area contributed by atoms with Gasteiger partial charge in [-0.3, -0.25) is 9.69 Å². The molecule has 1 fully saturated rings. The molecule has 1 aromatic carbocycles. The molecular formula is C16H24N2O4S. The van der Waals surface area contributed by atoms with Crippen LogP contribution < -0.4 is 0 Å². The van der Waals surface area contributed by atoms with Crippen LogP contribution in [-0.2, 0) is 21.4 Å². The van der Waals surface area contributed by atoms with E-state index in [9.17, 15) is 18.3 Å². The summed E-state index contributed by atoms with van der Waals surface area (Å²) in [5, 5.41) is 9.22. The van der Waals surface area contributed by atoms with Crippen LogP contribution in [0, 0.1) is 0 Å². The van der Waals surface area contributed by atoms with E-state index in [2.05, 4.69) is 0 Å². The second kappa shape index (κ2) is 7.42. The van der Waals surface area contributed by atoms with Crippen LogP contribution in [0.15, 0.2) is 30.3 Å². The third kappa shape index (κ3) is 5.30. The fourth-order valence-corrected chi connectivity index (χ4v) is 3.41. The molecule has 1 aromatic rings. The minimum Gasteiger partial charge on any atom is -0.480 e. The van der Waals surface area contributed by atoms with Crippen LogP contribution in [0.5, 0.6) is 0 Å². The van der Waals surface area contributed by atoms with E-state index in [0.717, 1.165) is 18.4 Å². The fraction of sp³-hybridized carbons (Fsp3) is 0.562. The summed E-state index contributed by atoms with van der Waals surface area (Å²) in [5.74, 6) is -0.870. The molecule has 0 heterocycles. The van der Waals surface area contributed by atoms with Crippen molar-refractivity contribution in [2.24, 2.45) is 0 Å². The minimum absolute atomic E-state index is 0.263. The minimum atomic E-state index is -3.35. The normalized spacial score (nSPS) is 16.7. The van der Waals surface area contributed by atoms with Gasteiger partial charge in [0.2, 0.25) is 10.0 Å². The van der Waals surface area contributed by atoms with Crippen LogP contribution in [0.2, 0.25) is 0 Å². The van der Waals surface area contributed by atoms with Crippen molar-refractivity contribution in [3.63, 3.8) is 0 Å². The van der Waals surface area contributed by atoms with Gasteiger partial charge in [-0.25, -0.2) is 8.42 Å². The Morgan fingerprint density at radius 3 is 2.35 bits per heavy atom. The van der Waals surface area contributed by atoms with Gasteiger partial charge in [0.25, 0.3) is 0 Å². The third-order valence-corrected chi connectivity index (χ3v) is 5.40. The standard InChI is InChI=1S/C16H24N2O4S/c1-13(16(19)20)18(15-8-9-15)11-10-17(23(2,21)22)12-14-6-4-3-5-7-14/h3-7,13,15H,8-12H2,1-2H3,(H,19,20). The average molecular weight is 340 g/mol. The van der Waals surface area contributed by atoms with Gasteiger partial charge in [-0.2, -0.15) is 4.31 Å². The SMILES string of the molecule is CC(C(=O)O)N(CCN(Cc1ccccc1)S(C)(=O)=O)C1CC1. The Kier molecular flexibility index (Phi) is 5.78. The summed E-state index contributed by atoms with van der Waals surface area (Å²) < 4.78 is 25.5. The molecule has 7 heteroatoms. The van der Waals surface area contributed by atoms with E-state index >= 15 is 0 Å². The van der Waals surface area contributed by atoms with Gasteiger partial charge in [0.15, 0.2) is 0 Å². The lowest BCUT2D eigenvalue weighted by Gasteiger charge is -2.29. The van der Waals surface area contributed by atoms with Gasteiger partial charge in [-0.15, -0.1) is 0 Å². The maximum Gasteiger partial charge on any atom is 0.320 e. The summed E-state index contributed by atoms with van der Waals surface area (Å²) in [6.07, 6.45) is 3.16. The second-order valence-electron chi connectivity index (χ2n) is 6.07. The van der Waals surface area contributed by atoms with E-state index in [-0.39, 0.29) is 6.04 Å². The number of rotatable bonds is 9. The van der Waals surface area contributed by atoms with Crippen molar-refractivity contribution in [1.29, 1.82) is 0 Å². The van der Waals surface area contributed by atoms with Crippen molar-refractivity contribution >= 4 is 16.0 Å². The number of benzene rings is 1. The summed E-state index contributed by atoms with van der Waals surface area (Å²) in [6, 6.07) is 9.07. The molecule has 2 rings (SSSR count). The number of carboxylic acids is 1. The Hall–Kier alpha value is -1.44. The molecule has 0 aliphatic heterocycles. The number of carbonyl (C=O) groups is 1. The zero-order chi connectivity index (χ0) is 17.0. The van der Waals surface area contributed by atoms with E-state index < -0.39 is 22.0 Å². The predicted molar refractivity (Wildman–Crippen MR) is 88.5 cm³/mol. The van der Waals surface area contributed by atoms with Crippen molar-refractivity contribution in [2.75, 3.05) is 19.3 Å². The highest BCUT2D eigenvalue weighted by atomic mass is 32.2. The van der Waals surface area contributed by atoms with Crippen molar-refractivity contribution in [3.05, 3.63) is 35.9 Å². The molecule has 128 valence electrons. The Bertz CT molecular complexity index is 629. The first kappa shape index (κ1) is 17.9. The van der Waals surface area contributed by atoms with Crippen molar-refractivity contribution in [3.8, 4) is 0 Å². The molecule has 1 atom stereocenters. The smallest absolute Gasteiger partial charge is 0.320 e. The van der Waals surface area contributed by atoms with E-state index in [1.165, 1.54) is 10.6 Å². The summed E-state index contributed by atoms with van der Waals surface area (Å²) in [6.45, 7) is 2.68. The van der Waals surface area contributed by atoms with Crippen molar-refractivity contribution < 1.29 is 18.3 Å². The second-order valence-corrected chi connectivity index (χ2v) is 8.05. The number of nitrogens with zero attached hydrogens (tertiary/aromatic N) is 2. The van der Waals surface area contributed by atoms with Crippen molar-refractivity contribution in [1.82, 2.24) is 9.21 Å². The van der Waals surface area contributed by atoms with Crippen LogP contribution in [0.3, 0.4) is 0 Å². The molecule has 0 bridgehead atoms. The molecule has 1 saturated carbocycles. The maximum absolute atomic E-state index is 12.0. The number of aliphatic carboxylic acids is 1. The van der Waals surface area contributed by atoms with Crippen LogP contribution in [-0.4, -0.2) is 60.1 Å².